The van der Waals surface area contributed by atoms with E-state index in [0.717, 1.165) is 25.0 Å². The fraction of sp³-hybridized carbons (Fsp3) is 0.941. The van der Waals surface area contributed by atoms with E-state index in [1.807, 2.05) is 0 Å². The summed E-state index contributed by atoms with van der Waals surface area (Å²) in [4.78, 5) is 10.1. The molecule has 2 saturated heterocycles. The van der Waals surface area contributed by atoms with Gasteiger partial charge in [-0.25, -0.2) is 0 Å². The molecule has 0 bridgehead atoms. The highest BCUT2D eigenvalue weighted by Crippen LogP contribution is 2.18. The number of hydrogen-bond acceptors (Lipinski definition) is 2. The summed E-state index contributed by atoms with van der Waals surface area (Å²) in [5.74, 6) is 1.89. The fourth-order valence-corrected chi connectivity index (χ4v) is 3.54. The monoisotopic (exact) mass is 294 g/mol. The smallest absolute Gasteiger partial charge is 0.193 e. The second-order valence-corrected chi connectivity index (χ2v) is 6.92. The van der Waals surface area contributed by atoms with E-state index in [9.17, 15) is 0 Å². The van der Waals surface area contributed by atoms with Gasteiger partial charge in [-0.2, -0.15) is 0 Å². The van der Waals surface area contributed by atoms with Gasteiger partial charge in [-0.15, -0.1) is 0 Å². The van der Waals surface area contributed by atoms with E-state index in [4.69, 9.17) is 4.99 Å². The van der Waals surface area contributed by atoms with Gasteiger partial charge in [0.2, 0.25) is 0 Å². The summed E-state index contributed by atoms with van der Waals surface area (Å²) in [7, 11) is 0. The molecule has 1 atom stereocenters. The van der Waals surface area contributed by atoms with Gasteiger partial charge in [0.1, 0.15) is 0 Å². The van der Waals surface area contributed by atoms with Gasteiger partial charge in [0.05, 0.1) is 6.54 Å². The average Bonchev–Trinajstić information content (AvgIpc) is 3.13. The second kappa shape index (κ2) is 8.62. The molecule has 0 aliphatic carbocycles. The molecule has 2 aliphatic heterocycles. The van der Waals surface area contributed by atoms with Crippen molar-refractivity contribution in [3.05, 3.63) is 0 Å². The summed E-state index contributed by atoms with van der Waals surface area (Å²) in [5, 5.41) is 3.48. The third-order valence-corrected chi connectivity index (χ3v) is 4.59. The van der Waals surface area contributed by atoms with Crippen molar-refractivity contribution in [3.8, 4) is 0 Å². The van der Waals surface area contributed by atoms with Crippen LogP contribution in [0.4, 0.5) is 0 Å². The summed E-state index contributed by atoms with van der Waals surface area (Å²) in [5.41, 5.74) is 0. The molecule has 0 radical (unpaired) electrons. The Hall–Kier alpha value is -0.770. The van der Waals surface area contributed by atoms with Gasteiger partial charge in [0.15, 0.2) is 5.96 Å². The van der Waals surface area contributed by atoms with Crippen molar-refractivity contribution in [2.24, 2.45) is 10.9 Å². The van der Waals surface area contributed by atoms with Crippen molar-refractivity contribution in [1.82, 2.24) is 15.1 Å². The number of hydrogen-bond donors (Lipinski definition) is 1. The quantitative estimate of drug-likeness (QED) is 0.603. The largest absolute Gasteiger partial charge is 0.357 e. The predicted octanol–water partition coefficient (Wildman–Crippen LogP) is 2.56. The van der Waals surface area contributed by atoms with Crippen LogP contribution in [-0.4, -0.2) is 61.1 Å². The lowest BCUT2D eigenvalue weighted by atomic mass is 10.0. The third-order valence-electron chi connectivity index (χ3n) is 4.59. The molecule has 0 spiro atoms. The van der Waals surface area contributed by atoms with Crippen LogP contribution in [0, 0.1) is 5.92 Å². The highest BCUT2D eigenvalue weighted by Gasteiger charge is 2.23. The van der Waals surface area contributed by atoms with Crippen LogP contribution in [0.2, 0.25) is 0 Å². The lowest BCUT2D eigenvalue weighted by molar-refractivity contribution is 0.218. The maximum atomic E-state index is 4.98. The molecular formula is C17H34N4. The summed E-state index contributed by atoms with van der Waals surface area (Å²) in [6.45, 7) is 13.6. The maximum absolute atomic E-state index is 4.98. The Morgan fingerprint density at radius 3 is 2.24 bits per heavy atom. The van der Waals surface area contributed by atoms with Gasteiger partial charge < -0.3 is 10.2 Å². The van der Waals surface area contributed by atoms with E-state index in [-0.39, 0.29) is 0 Å². The molecule has 1 unspecified atom stereocenters. The van der Waals surface area contributed by atoms with E-state index in [1.54, 1.807) is 0 Å². The lowest BCUT2D eigenvalue weighted by Gasteiger charge is -2.29. The first-order chi connectivity index (χ1) is 10.2. The van der Waals surface area contributed by atoms with Crippen LogP contribution < -0.4 is 5.32 Å². The minimum Gasteiger partial charge on any atom is -0.357 e. The lowest BCUT2D eigenvalue weighted by Crippen LogP contribution is -2.42. The Kier molecular flexibility index (Phi) is 6.81. The van der Waals surface area contributed by atoms with Gasteiger partial charge in [-0.3, -0.25) is 9.89 Å². The predicted molar refractivity (Wildman–Crippen MR) is 90.8 cm³/mol. The molecule has 21 heavy (non-hydrogen) atoms. The van der Waals surface area contributed by atoms with E-state index in [0.29, 0.717) is 6.04 Å². The van der Waals surface area contributed by atoms with Gasteiger partial charge in [-0.05, 0) is 58.0 Å². The third kappa shape index (κ3) is 5.17. The first-order valence-electron chi connectivity index (χ1n) is 8.98. The van der Waals surface area contributed by atoms with Gasteiger partial charge in [-0.1, -0.05) is 13.8 Å². The topological polar surface area (TPSA) is 30.9 Å². The Morgan fingerprint density at radius 2 is 1.67 bits per heavy atom. The molecular weight excluding hydrogens is 260 g/mol. The number of nitrogens with one attached hydrogen (secondary N) is 1. The van der Waals surface area contributed by atoms with Crippen LogP contribution in [0.15, 0.2) is 4.99 Å². The van der Waals surface area contributed by atoms with Crippen LogP contribution in [-0.2, 0) is 0 Å². The van der Waals surface area contributed by atoms with E-state index in [1.165, 1.54) is 58.3 Å². The number of nitrogens with zero attached hydrogens (tertiary/aromatic N) is 3. The van der Waals surface area contributed by atoms with Crippen molar-refractivity contribution < 1.29 is 0 Å². The van der Waals surface area contributed by atoms with Crippen molar-refractivity contribution >= 4 is 5.96 Å². The van der Waals surface area contributed by atoms with Crippen LogP contribution in [0.3, 0.4) is 0 Å². The molecule has 4 nitrogen and oxygen atoms in total. The van der Waals surface area contributed by atoms with Gasteiger partial charge in [0, 0.05) is 25.7 Å². The molecule has 2 aliphatic rings. The van der Waals surface area contributed by atoms with Crippen LogP contribution in [0.5, 0.6) is 0 Å². The second-order valence-electron chi connectivity index (χ2n) is 6.92. The maximum Gasteiger partial charge on any atom is 0.193 e. The van der Waals surface area contributed by atoms with E-state index < -0.39 is 0 Å². The van der Waals surface area contributed by atoms with Crippen molar-refractivity contribution in [3.63, 3.8) is 0 Å². The van der Waals surface area contributed by atoms with Gasteiger partial charge >= 0.3 is 0 Å². The Labute approximate surface area is 131 Å². The molecule has 4 heteroatoms. The van der Waals surface area contributed by atoms with Crippen molar-refractivity contribution in [1.29, 1.82) is 0 Å². The fourth-order valence-electron chi connectivity index (χ4n) is 3.54. The summed E-state index contributed by atoms with van der Waals surface area (Å²) < 4.78 is 0. The standard InChI is InChI=1S/C17H34N4/c1-4-18-17(21-11-7-8-12-21)19-14-16(13-15(2)3)20-9-5-6-10-20/h15-16H,4-14H2,1-3H3,(H,18,19). The number of likely N-dealkylation sites (tertiary alicyclic amines) is 2. The molecule has 0 aromatic carbocycles. The Bertz CT molecular complexity index is 315. The van der Waals surface area contributed by atoms with E-state index >= 15 is 0 Å². The summed E-state index contributed by atoms with van der Waals surface area (Å²) in [6, 6.07) is 0.628. The highest BCUT2D eigenvalue weighted by atomic mass is 15.3. The zero-order valence-corrected chi connectivity index (χ0v) is 14.3. The number of guanidine groups is 1. The number of aliphatic imine (C=N–C) groups is 1. The molecule has 1 N–H and O–H groups in total. The molecule has 0 amide bonds. The van der Waals surface area contributed by atoms with Crippen molar-refractivity contribution in [2.45, 2.75) is 58.9 Å². The first kappa shape index (κ1) is 16.6. The Morgan fingerprint density at radius 1 is 1.05 bits per heavy atom. The van der Waals surface area contributed by atoms with E-state index in [2.05, 4.69) is 35.9 Å². The van der Waals surface area contributed by atoms with Gasteiger partial charge in [0.25, 0.3) is 0 Å². The van der Waals surface area contributed by atoms with Crippen molar-refractivity contribution in [2.75, 3.05) is 39.3 Å². The zero-order chi connectivity index (χ0) is 15.1. The highest BCUT2D eigenvalue weighted by molar-refractivity contribution is 5.80. The molecule has 2 heterocycles. The number of rotatable bonds is 6. The minimum absolute atomic E-state index is 0.628. The molecule has 0 aromatic rings. The van der Waals surface area contributed by atoms with Crippen LogP contribution in [0.1, 0.15) is 52.9 Å². The SMILES string of the molecule is CCNC(=NCC(CC(C)C)N1CCCC1)N1CCCC1. The zero-order valence-electron chi connectivity index (χ0n) is 14.3. The molecule has 0 saturated carbocycles. The Balaban J connectivity index is 1.96. The summed E-state index contributed by atoms with van der Waals surface area (Å²) in [6.07, 6.45) is 6.62. The minimum atomic E-state index is 0.628. The average molecular weight is 294 g/mol. The molecule has 2 fully saturated rings. The molecule has 2 rings (SSSR count). The summed E-state index contributed by atoms with van der Waals surface area (Å²) >= 11 is 0. The molecule has 0 aromatic heterocycles. The molecule has 122 valence electrons. The van der Waals surface area contributed by atoms with Crippen LogP contribution >= 0.6 is 0 Å². The van der Waals surface area contributed by atoms with Crippen LogP contribution in [0.25, 0.3) is 0 Å². The first-order valence-corrected chi connectivity index (χ1v) is 8.98. The normalized spacial score (nSPS) is 22.3.